The molecule has 0 radical (unpaired) electrons. The highest BCUT2D eigenvalue weighted by atomic mass is 16.5. The van der Waals surface area contributed by atoms with Crippen molar-refractivity contribution >= 4 is 0 Å². The number of rotatable bonds is 9. The molecule has 27 heavy (non-hydrogen) atoms. The van der Waals surface area contributed by atoms with E-state index in [2.05, 4.69) is 41.5 Å². The molecule has 0 spiro atoms. The van der Waals surface area contributed by atoms with Crippen LogP contribution in [-0.2, 0) is 11.3 Å². The second-order valence-corrected chi connectivity index (χ2v) is 6.59. The van der Waals surface area contributed by atoms with E-state index in [1.54, 1.807) is 6.20 Å². The number of aliphatic hydroxyl groups is 1. The molecule has 0 saturated heterocycles. The maximum atomic E-state index is 10.3. The van der Waals surface area contributed by atoms with Gasteiger partial charge in [-0.15, -0.1) is 0 Å². The van der Waals surface area contributed by atoms with Crippen molar-refractivity contribution in [3.05, 3.63) is 101 Å². The van der Waals surface area contributed by atoms with Crippen LogP contribution in [0.1, 0.15) is 28.5 Å². The Morgan fingerprint density at radius 3 is 2.44 bits per heavy atom. The predicted molar refractivity (Wildman–Crippen MR) is 107 cm³/mol. The first-order valence-corrected chi connectivity index (χ1v) is 9.25. The smallest absolute Gasteiger partial charge is 0.108 e. The van der Waals surface area contributed by atoms with Crippen LogP contribution >= 0.6 is 0 Å². The SMILES string of the molecule is Cc1ccccc1C(OCC(O)CNCc1ccccn1)c1ccccc1. The second kappa shape index (κ2) is 9.97. The van der Waals surface area contributed by atoms with Crippen molar-refractivity contribution in [1.82, 2.24) is 10.3 Å². The topological polar surface area (TPSA) is 54.4 Å². The number of pyridine rings is 1. The van der Waals surface area contributed by atoms with Gasteiger partial charge in [0.05, 0.1) is 18.4 Å². The first-order valence-electron chi connectivity index (χ1n) is 9.25. The van der Waals surface area contributed by atoms with E-state index in [1.807, 2.05) is 48.5 Å². The van der Waals surface area contributed by atoms with E-state index in [9.17, 15) is 5.11 Å². The Balaban J connectivity index is 1.59. The number of nitrogens with one attached hydrogen (secondary N) is 1. The molecule has 4 heteroatoms. The fourth-order valence-corrected chi connectivity index (χ4v) is 3.01. The summed E-state index contributed by atoms with van der Waals surface area (Å²) in [6, 6.07) is 24.1. The molecule has 3 aromatic rings. The molecule has 2 N–H and O–H groups in total. The van der Waals surface area contributed by atoms with Gasteiger partial charge in [-0.25, -0.2) is 0 Å². The minimum Gasteiger partial charge on any atom is -0.389 e. The third-order valence-corrected chi connectivity index (χ3v) is 4.44. The number of aryl methyl sites for hydroxylation is 1. The van der Waals surface area contributed by atoms with Crippen LogP contribution in [0.3, 0.4) is 0 Å². The summed E-state index contributed by atoms with van der Waals surface area (Å²) in [6.07, 6.45) is 0.977. The Labute approximate surface area is 160 Å². The molecule has 0 amide bonds. The molecule has 2 atom stereocenters. The van der Waals surface area contributed by atoms with Gasteiger partial charge < -0.3 is 15.2 Å². The van der Waals surface area contributed by atoms with Crippen LogP contribution in [0.2, 0.25) is 0 Å². The standard InChI is InChI=1S/C23H26N2O2/c1-18-9-5-6-13-22(18)23(19-10-3-2-4-11-19)27-17-21(26)16-24-15-20-12-7-8-14-25-20/h2-14,21,23-24,26H,15-17H2,1H3. The summed E-state index contributed by atoms with van der Waals surface area (Å²) in [5.41, 5.74) is 4.33. The number of hydrogen-bond donors (Lipinski definition) is 2. The van der Waals surface area contributed by atoms with E-state index in [0.717, 1.165) is 16.8 Å². The number of aliphatic hydroxyl groups excluding tert-OH is 1. The van der Waals surface area contributed by atoms with Crippen LogP contribution in [0, 0.1) is 6.92 Å². The lowest BCUT2D eigenvalue weighted by Gasteiger charge is -2.22. The largest absolute Gasteiger partial charge is 0.389 e. The number of hydrogen-bond acceptors (Lipinski definition) is 4. The maximum absolute atomic E-state index is 10.3. The van der Waals surface area contributed by atoms with Gasteiger partial charge in [0.25, 0.3) is 0 Å². The number of benzene rings is 2. The summed E-state index contributed by atoms with van der Waals surface area (Å²) in [4.78, 5) is 4.26. The Kier molecular flexibility index (Phi) is 7.11. The fourth-order valence-electron chi connectivity index (χ4n) is 3.01. The van der Waals surface area contributed by atoms with Gasteiger partial charge in [-0.1, -0.05) is 60.7 Å². The van der Waals surface area contributed by atoms with E-state index in [1.165, 1.54) is 5.56 Å². The van der Waals surface area contributed by atoms with Crippen LogP contribution in [0.5, 0.6) is 0 Å². The van der Waals surface area contributed by atoms with Crippen molar-refractivity contribution in [2.45, 2.75) is 25.7 Å². The van der Waals surface area contributed by atoms with Crippen LogP contribution < -0.4 is 5.32 Å². The van der Waals surface area contributed by atoms with Gasteiger partial charge in [0.15, 0.2) is 0 Å². The highest BCUT2D eigenvalue weighted by Crippen LogP contribution is 2.28. The van der Waals surface area contributed by atoms with E-state index in [0.29, 0.717) is 13.1 Å². The third-order valence-electron chi connectivity index (χ3n) is 4.44. The first-order chi connectivity index (χ1) is 13.2. The monoisotopic (exact) mass is 362 g/mol. The molecule has 0 aliphatic heterocycles. The minimum absolute atomic E-state index is 0.196. The zero-order valence-corrected chi connectivity index (χ0v) is 15.6. The lowest BCUT2D eigenvalue weighted by molar-refractivity contribution is 0.00625. The summed E-state index contributed by atoms with van der Waals surface area (Å²) in [7, 11) is 0. The van der Waals surface area contributed by atoms with Crippen LogP contribution in [0.15, 0.2) is 79.0 Å². The predicted octanol–water partition coefficient (Wildman–Crippen LogP) is 3.65. The first kappa shape index (κ1) is 19.2. The van der Waals surface area contributed by atoms with Crippen LogP contribution in [0.4, 0.5) is 0 Å². The van der Waals surface area contributed by atoms with Crippen molar-refractivity contribution in [2.75, 3.05) is 13.2 Å². The van der Waals surface area contributed by atoms with Crippen molar-refractivity contribution in [2.24, 2.45) is 0 Å². The van der Waals surface area contributed by atoms with E-state index in [-0.39, 0.29) is 12.7 Å². The van der Waals surface area contributed by atoms with Crippen molar-refractivity contribution in [3.63, 3.8) is 0 Å². The van der Waals surface area contributed by atoms with Crippen molar-refractivity contribution in [1.29, 1.82) is 0 Å². The van der Waals surface area contributed by atoms with Gasteiger partial charge in [-0.3, -0.25) is 4.98 Å². The molecule has 0 bridgehead atoms. The lowest BCUT2D eigenvalue weighted by atomic mass is 9.97. The molecule has 4 nitrogen and oxygen atoms in total. The maximum Gasteiger partial charge on any atom is 0.108 e. The van der Waals surface area contributed by atoms with Crippen molar-refractivity contribution < 1.29 is 9.84 Å². The van der Waals surface area contributed by atoms with E-state index in [4.69, 9.17) is 4.74 Å². The van der Waals surface area contributed by atoms with Gasteiger partial charge in [0.1, 0.15) is 6.10 Å². The average Bonchev–Trinajstić information content (AvgIpc) is 2.71. The quantitative estimate of drug-likeness (QED) is 0.610. The van der Waals surface area contributed by atoms with Gasteiger partial charge in [-0.05, 0) is 35.7 Å². The molecule has 2 aromatic carbocycles. The Morgan fingerprint density at radius 1 is 0.963 bits per heavy atom. The lowest BCUT2D eigenvalue weighted by Crippen LogP contribution is -2.31. The summed E-state index contributed by atoms with van der Waals surface area (Å²) in [6.45, 7) is 3.41. The highest BCUT2D eigenvalue weighted by molar-refractivity contribution is 5.35. The van der Waals surface area contributed by atoms with E-state index < -0.39 is 6.10 Å². The molecular weight excluding hydrogens is 336 g/mol. The highest BCUT2D eigenvalue weighted by Gasteiger charge is 2.18. The van der Waals surface area contributed by atoms with Crippen LogP contribution in [0.25, 0.3) is 0 Å². The molecule has 2 unspecified atom stereocenters. The molecule has 3 rings (SSSR count). The molecular formula is C23H26N2O2. The molecule has 0 aliphatic carbocycles. The molecule has 0 saturated carbocycles. The zero-order valence-electron chi connectivity index (χ0n) is 15.6. The molecule has 0 aliphatic rings. The second-order valence-electron chi connectivity index (χ2n) is 6.59. The summed E-state index contributed by atoms with van der Waals surface area (Å²) >= 11 is 0. The Morgan fingerprint density at radius 2 is 1.70 bits per heavy atom. The minimum atomic E-state index is -0.594. The fraction of sp³-hybridized carbons (Fsp3) is 0.261. The van der Waals surface area contributed by atoms with Crippen LogP contribution in [-0.4, -0.2) is 29.3 Å². The van der Waals surface area contributed by atoms with Gasteiger partial charge >= 0.3 is 0 Å². The molecule has 0 fully saturated rings. The Bertz CT molecular complexity index is 809. The molecule has 140 valence electrons. The number of aromatic nitrogens is 1. The zero-order chi connectivity index (χ0) is 18.9. The number of ether oxygens (including phenoxy) is 1. The average molecular weight is 362 g/mol. The summed E-state index contributed by atoms with van der Waals surface area (Å²) in [5, 5.41) is 13.6. The Hall–Kier alpha value is -2.53. The van der Waals surface area contributed by atoms with Gasteiger partial charge in [0.2, 0.25) is 0 Å². The van der Waals surface area contributed by atoms with E-state index >= 15 is 0 Å². The normalized spacial score (nSPS) is 13.3. The third kappa shape index (κ3) is 5.73. The van der Waals surface area contributed by atoms with Gasteiger partial charge in [0, 0.05) is 19.3 Å². The number of nitrogens with zero attached hydrogens (tertiary/aromatic N) is 1. The summed E-state index contributed by atoms with van der Waals surface area (Å²) < 4.78 is 6.15. The summed E-state index contributed by atoms with van der Waals surface area (Å²) in [5.74, 6) is 0. The molecule has 1 heterocycles. The van der Waals surface area contributed by atoms with Crippen molar-refractivity contribution in [3.8, 4) is 0 Å². The van der Waals surface area contributed by atoms with Gasteiger partial charge in [-0.2, -0.15) is 0 Å². The molecule has 1 aromatic heterocycles.